The Morgan fingerprint density at radius 3 is 2.24 bits per heavy atom. The van der Waals surface area contributed by atoms with Crippen molar-refractivity contribution in [3.05, 3.63) is 0 Å². The SMILES string of the molecule is CC(C(=O)N1CCCCCC1)S(=O)(=O)CCN. The standard InChI is InChI=1S/C11H22N2O3S/c1-10(17(15,16)9-6-12)11(14)13-7-4-2-3-5-8-13/h10H,2-9,12H2,1H3. The number of nitrogens with two attached hydrogens (primary N) is 1. The van der Waals surface area contributed by atoms with Gasteiger partial charge in [0.05, 0.1) is 5.75 Å². The number of carbonyl (C=O) groups excluding carboxylic acids is 1. The second kappa shape index (κ2) is 6.35. The minimum absolute atomic E-state index is 0.0694. The van der Waals surface area contributed by atoms with E-state index >= 15 is 0 Å². The van der Waals surface area contributed by atoms with Crippen LogP contribution in [-0.4, -0.2) is 49.9 Å². The Morgan fingerprint density at radius 2 is 1.76 bits per heavy atom. The average molecular weight is 262 g/mol. The lowest BCUT2D eigenvalue weighted by Gasteiger charge is -2.23. The van der Waals surface area contributed by atoms with E-state index < -0.39 is 15.1 Å². The second-order valence-electron chi connectivity index (χ2n) is 4.54. The minimum Gasteiger partial charge on any atom is -0.342 e. The van der Waals surface area contributed by atoms with Gasteiger partial charge >= 0.3 is 0 Å². The van der Waals surface area contributed by atoms with E-state index in [4.69, 9.17) is 5.73 Å². The number of hydrogen-bond acceptors (Lipinski definition) is 4. The molecule has 0 aromatic heterocycles. The summed E-state index contributed by atoms with van der Waals surface area (Å²) < 4.78 is 23.5. The first kappa shape index (κ1) is 14.4. The molecule has 6 heteroatoms. The fraction of sp³-hybridized carbons (Fsp3) is 0.909. The molecule has 0 aromatic rings. The van der Waals surface area contributed by atoms with E-state index in [1.54, 1.807) is 4.90 Å². The summed E-state index contributed by atoms with van der Waals surface area (Å²) >= 11 is 0. The molecule has 17 heavy (non-hydrogen) atoms. The van der Waals surface area contributed by atoms with Gasteiger partial charge in [-0.05, 0) is 19.8 Å². The van der Waals surface area contributed by atoms with E-state index in [1.807, 2.05) is 0 Å². The monoisotopic (exact) mass is 262 g/mol. The van der Waals surface area contributed by atoms with E-state index in [2.05, 4.69) is 0 Å². The molecule has 0 aromatic carbocycles. The highest BCUT2D eigenvalue weighted by molar-refractivity contribution is 7.92. The zero-order valence-corrected chi connectivity index (χ0v) is 11.2. The van der Waals surface area contributed by atoms with Crippen LogP contribution in [0.5, 0.6) is 0 Å². The highest BCUT2D eigenvalue weighted by atomic mass is 32.2. The molecule has 1 rings (SSSR count). The van der Waals surface area contributed by atoms with Gasteiger partial charge in [0.1, 0.15) is 5.25 Å². The molecule has 0 spiro atoms. The maximum Gasteiger partial charge on any atom is 0.240 e. The Balaban J connectivity index is 2.67. The van der Waals surface area contributed by atoms with Gasteiger partial charge in [-0.15, -0.1) is 0 Å². The predicted octanol–water partition coefficient (Wildman–Crippen LogP) is 0.151. The molecule has 1 saturated heterocycles. The van der Waals surface area contributed by atoms with Gasteiger partial charge in [0.25, 0.3) is 0 Å². The molecular weight excluding hydrogens is 240 g/mol. The lowest BCUT2D eigenvalue weighted by atomic mass is 10.2. The fourth-order valence-electron chi connectivity index (χ4n) is 2.04. The van der Waals surface area contributed by atoms with E-state index in [0.29, 0.717) is 13.1 Å². The third kappa shape index (κ3) is 3.96. The molecule has 1 aliphatic heterocycles. The van der Waals surface area contributed by atoms with Gasteiger partial charge in [-0.25, -0.2) is 8.42 Å². The first-order valence-corrected chi connectivity index (χ1v) is 7.91. The fourth-order valence-corrected chi connectivity index (χ4v) is 3.18. The lowest BCUT2D eigenvalue weighted by molar-refractivity contribution is -0.130. The van der Waals surface area contributed by atoms with Crippen molar-refractivity contribution in [2.45, 2.75) is 37.9 Å². The number of carbonyl (C=O) groups is 1. The number of rotatable bonds is 4. The summed E-state index contributed by atoms with van der Waals surface area (Å²) in [5.74, 6) is -0.381. The van der Waals surface area contributed by atoms with E-state index in [-0.39, 0.29) is 18.2 Å². The number of likely N-dealkylation sites (tertiary alicyclic amines) is 1. The average Bonchev–Trinajstić information content (AvgIpc) is 2.55. The Kier molecular flexibility index (Phi) is 5.39. The molecule has 1 unspecified atom stereocenters. The summed E-state index contributed by atoms with van der Waals surface area (Å²) in [4.78, 5) is 13.8. The van der Waals surface area contributed by atoms with Gasteiger partial charge in [0.15, 0.2) is 9.84 Å². The summed E-state index contributed by atoms with van der Waals surface area (Å²) in [6, 6.07) is 0. The molecular formula is C11H22N2O3S. The summed E-state index contributed by atoms with van der Waals surface area (Å²) in [7, 11) is -3.39. The quantitative estimate of drug-likeness (QED) is 0.782. The van der Waals surface area contributed by atoms with Crippen LogP contribution in [0.2, 0.25) is 0 Å². The molecule has 0 saturated carbocycles. The number of sulfone groups is 1. The molecule has 1 atom stereocenters. The summed E-state index contributed by atoms with van der Waals surface area (Å²) in [6.07, 6.45) is 4.17. The van der Waals surface area contributed by atoms with Crippen LogP contribution in [0.25, 0.3) is 0 Å². The first-order valence-electron chi connectivity index (χ1n) is 6.19. The summed E-state index contributed by atoms with van der Waals surface area (Å²) in [5.41, 5.74) is 5.25. The van der Waals surface area contributed by atoms with Crippen molar-refractivity contribution in [1.82, 2.24) is 4.90 Å². The zero-order valence-electron chi connectivity index (χ0n) is 10.4. The van der Waals surface area contributed by atoms with Crippen LogP contribution in [0.15, 0.2) is 0 Å². The predicted molar refractivity (Wildman–Crippen MR) is 67.4 cm³/mol. The Bertz CT molecular complexity index is 346. The molecule has 100 valence electrons. The van der Waals surface area contributed by atoms with Crippen LogP contribution in [-0.2, 0) is 14.6 Å². The van der Waals surface area contributed by atoms with Crippen LogP contribution < -0.4 is 5.73 Å². The molecule has 1 fully saturated rings. The first-order chi connectivity index (χ1) is 7.99. The van der Waals surface area contributed by atoms with Crippen molar-refractivity contribution in [3.8, 4) is 0 Å². The topological polar surface area (TPSA) is 80.5 Å². The third-order valence-electron chi connectivity index (χ3n) is 3.21. The van der Waals surface area contributed by atoms with E-state index in [1.165, 1.54) is 6.92 Å². The second-order valence-corrected chi connectivity index (χ2v) is 6.98. The van der Waals surface area contributed by atoms with Gasteiger partial charge in [0, 0.05) is 19.6 Å². The summed E-state index contributed by atoms with van der Waals surface area (Å²) in [5, 5.41) is -0.954. The van der Waals surface area contributed by atoms with Gasteiger partial charge in [-0.2, -0.15) is 0 Å². The van der Waals surface area contributed by atoms with Gasteiger partial charge in [0.2, 0.25) is 5.91 Å². The third-order valence-corrected chi connectivity index (χ3v) is 5.29. The molecule has 0 aliphatic carbocycles. The van der Waals surface area contributed by atoms with E-state index in [0.717, 1.165) is 25.7 Å². The largest absolute Gasteiger partial charge is 0.342 e. The van der Waals surface area contributed by atoms with Crippen molar-refractivity contribution >= 4 is 15.7 Å². The Labute approximate surface area is 103 Å². The van der Waals surface area contributed by atoms with Gasteiger partial charge in [-0.1, -0.05) is 12.8 Å². The summed E-state index contributed by atoms with van der Waals surface area (Å²) in [6.45, 7) is 2.90. The zero-order chi connectivity index (χ0) is 12.9. The molecule has 0 bridgehead atoms. The van der Waals surface area contributed by atoms with Crippen molar-refractivity contribution in [3.63, 3.8) is 0 Å². The normalized spacial score (nSPS) is 19.8. The molecule has 1 amide bonds. The highest BCUT2D eigenvalue weighted by Gasteiger charge is 2.30. The highest BCUT2D eigenvalue weighted by Crippen LogP contribution is 2.13. The van der Waals surface area contributed by atoms with Crippen LogP contribution >= 0.6 is 0 Å². The van der Waals surface area contributed by atoms with Crippen molar-refractivity contribution in [2.24, 2.45) is 5.73 Å². The smallest absolute Gasteiger partial charge is 0.240 e. The van der Waals surface area contributed by atoms with E-state index in [9.17, 15) is 13.2 Å². The molecule has 1 aliphatic rings. The van der Waals surface area contributed by atoms with Crippen LogP contribution in [0, 0.1) is 0 Å². The van der Waals surface area contributed by atoms with Crippen molar-refractivity contribution < 1.29 is 13.2 Å². The maximum absolute atomic E-state index is 12.1. The molecule has 2 N–H and O–H groups in total. The lowest BCUT2D eigenvalue weighted by Crippen LogP contribution is -2.43. The Hall–Kier alpha value is -0.620. The van der Waals surface area contributed by atoms with Gasteiger partial charge in [-0.3, -0.25) is 4.79 Å². The molecule has 1 heterocycles. The van der Waals surface area contributed by atoms with Gasteiger partial charge < -0.3 is 10.6 Å². The van der Waals surface area contributed by atoms with Crippen LogP contribution in [0.3, 0.4) is 0 Å². The molecule has 5 nitrogen and oxygen atoms in total. The Morgan fingerprint density at radius 1 is 1.24 bits per heavy atom. The van der Waals surface area contributed by atoms with Crippen molar-refractivity contribution in [1.29, 1.82) is 0 Å². The van der Waals surface area contributed by atoms with Crippen molar-refractivity contribution in [2.75, 3.05) is 25.4 Å². The number of amides is 1. The minimum atomic E-state index is -3.39. The maximum atomic E-state index is 12.1. The van der Waals surface area contributed by atoms with Crippen LogP contribution in [0.4, 0.5) is 0 Å². The molecule has 0 radical (unpaired) electrons. The van der Waals surface area contributed by atoms with Crippen LogP contribution in [0.1, 0.15) is 32.6 Å². The number of hydrogen-bond donors (Lipinski definition) is 1. The number of nitrogens with zero attached hydrogens (tertiary/aromatic N) is 1.